The highest BCUT2D eigenvalue weighted by Crippen LogP contribution is 2.14. The Labute approximate surface area is 115 Å². The largest absolute Gasteiger partial charge is 0.384 e. The van der Waals surface area contributed by atoms with E-state index in [-0.39, 0.29) is 12.5 Å². The van der Waals surface area contributed by atoms with Gasteiger partial charge in [-0.3, -0.25) is 4.79 Å². The number of carbonyl (C=O) groups is 1. The Kier molecular flexibility index (Phi) is 6.70. The zero-order chi connectivity index (χ0) is 14.1. The Hall–Kier alpha value is -1.79. The van der Waals surface area contributed by atoms with E-state index >= 15 is 0 Å². The molecule has 1 rings (SSSR count). The molecule has 0 atom stereocenters. The van der Waals surface area contributed by atoms with E-state index in [9.17, 15) is 4.79 Å². The van der Waals surface area contributed by atoms with Gasteiger partial charge in [0, 0.05) is 17.7 Å². The molecule has 0 unspecified atom stereocenters. The summed E-state index contributed by atoms with van der Waals surface area (Å²) in [6, 6.07) is 5.67. The minimum Gasteiger partial charge on any atom is -0.384 e. The Morgan fingerprint density at radius 1 is 1.32 bits per heavy atom. The molecule has 0 heterocycles. The van der Waals surface area contributed by atoms with Gasteiger partial charge < -0.3 is 10.4 Å². The van der Waals surface area contributed by atoms with E-state index in [1.54, 1.807) is 0 Å². The van der Waals surface area contributed by atoms with Crippen molar-refractivity contribution in [2.24, 2.45) is 0 Å². The van der Waals surface area contributed by atoms with E-state index < -0.39 is 0 Å². The highest BCUT2D eigenvalue weighted by Gasteiger charge is 2.03. The number of nitrogens with one attached hydrogen (secondary N) is 1. The summed E-state index contributed by atoms with van der Waals surface area (Å²) in [4.78, 5) is 11.7. The molecule has 3 heteroatoms. The second kappa shape index (κ2) is 8.34. The summed E-state index contributed by atoms with van der Waals surface area (Å²) in [6.45, 7) is 3.91. The Bertz CT molecular complexity index is 483. The predicted molar refractivity (Wildman–Crippen MR) is 77.9 cm³/mol. The molecule has 0 saturated carbocycles. The molecule has 102 valence electrons. The third-order valence-corrected chi connectivity index (χ3v) is 2.68. The molecular formula is C16H21NO2. The molecule has 0 spiro atoms. The standard InChI is InChI=1S/C16H21NO2/c1-3-4-5-8-16(19)17-15-11-13(2)10-14(12-15)7-6-9-18/h10-12,18H,3-5,8-9H2,1-2H3,(H,17,19). The average Bonchev–Trinajstić information content (AvgIpc) is 2.36. The molecule has 0 aliphatic rings. The second-order valence-corrected chi connectivity index (χ2v) is 4.55. The highest BCUT2D eigenvalue weighted by atomic mass is 16.2. The van der Waals surface area contributed by atoms with Crippen LogP contribution >= 0.6 is 0 Å². The molecule has 3 nitrogen and oxygen atoms in total. The fourth-order valence-electron chi connectivity index (χ4n) is 1.83. The zero-order valence-corrected chi connectivity index (χ0v) is 11.6. The van der Waals surface area contributed by atoms with Gasteiger partial charge in [-0.05, 0) is 37.1 Å². The molecule has 1 amide bonds. The molecule has 0 aromatic heterocycles. The topological polar surface area (TPSA) is 49.3 Å². The molecule has 0 radical (unpaired) electrons. The van der Waals surface area contributed by atoms with Crippen LogP contribution in [0, 0.1) is 18.8 Å². The quantitative estimate of drug-likeness (QED) is 0.631. The number of unbranched alkanes of at least 4 members (excludes halogenated alkanes) is 2. The summed E-state index contributed by atoms with van der Waals surface area (Å²) < 4.78 is 0. The number of amides is 1. The summed E-state index contributed by atoms with van der Waals surface area (Å²) in [5.74, 6) is 5.50. The molecule has 0 fully saturated rings. The van der Waals surface area contributed by atoms with Crippen molar-refractivity contribution >= 4 is 11.6 Å². The molecule has 1 aromatic carbocycles. The van der Waals surface area contributed by atoms with E-state index in [0.717, 1.165) is 36.1 Å². The Morgan fingerprint density at radius 3 is 2.79 bits per heavy atom. The van der Waals surface area contributed by atoms with Crippen molar-refractivity contribution in [3.8, 4) is 11.8 Å². The molecule has 19 heavy (non-hydrogen) atoms. The van der Waals surface area contributed by atoms with Crippen LogP contribution in [0.15, 0.2) is 18.2 Å². The summed E-state index contributed by atoms with van der Waals surface area (Å²) in [6.07, 6.45) is 3.66. The second-order valence-electron chi connectivity index (χ2n) is 4.55. The van der Waals surface area contributed by atoms with E-state index in [0.29, 0.717) is 6.42 Å². The molecular weight excluding hydrogens is 238 g/mol. The number of benzene rings is 1. The van der Waals surface area contributed by atoms with Crippen molar-refractivity contribution < 1.29 is 9.90 Å². The van der Waals surface area contributed by atoms with Crippen molar-refractivity contribution in [3.05, 3.63) is 29.3 Å². The van der Waals surface area contributed by atoms with E-state index in [1.807, 2.05) is 25.1 Å². The third-order valence-electron chi connectivity index (χ3n) is 2.68. The van der Waals surface area contributed by atoms with Gasteiger partial charge in [0.1, 0.15) is 6.61 Å². The molecule has 0 aliphatic heterocycles. The third kappa shape index (κ3) is 6.08. The summed E-state index contributed by atoms with van der Waals surface area (Å²) >= 11 is 0. The van der Waals surface area contributed by atoms with Crippen molar-refractivity contribution in [1.82, 2.24) is 0 Å². The van der Waals surface area contributed by atoms with Gasteiger partial charge >= 0.3 is 0 Å². The van der Waals surface area contributed by atoms with Gasteiger partial charge in [0.2, 0.25) is 5.91 Å². The van der Waals surface area contributed by atoms with Crippen molar-refractivity contribution in [3.63, 3.8) is 0 Å². The van der Waals surface area contributed by atoms with Crippen LogP contribution in [0.2, 0.25) is 0 Å². The predicted octanol–water partition coefficient (Wildman–Crippen LogP) is 2.86. The lowest BCUT2D eigenvalue weighted by molar-refractivity contribution is -0.116. The van der Waals surface area contributed by atoms with Crippen LogP contribution in [0.3, 0.4) is 0 Å². The van der Waals surface area contributed by atoms with Crippen LogP contribution in [0.5, 0.6) is 0 Å². The minimum atomic E-state index is -0.160. The molecule has 0 bridgehead atoms. The fourth-order valence-corrected chi connectivity index (χ4v) is 1.83. The number of aryl methyl sites for hydroxylation is 1. The summed E-state index contributed by atoms with van der Waals surface area (Å²) in [5, 5.41) is 11.6. The van der Waals surface area contributed by atoms with Crippen LogP contribution < -0.4 is 5.32 Å². The van der Waals surface area contributed by atoms with Gasteiger partial charge in [0.15, 0.2) is 0 Å². The van der Waals surface area contributed by atoms with E-state index in [1.165, 1.54) is 0 Å². The first kappa shape index (κ1) is 15.3. The molecule has 0 saturated heterocycles. The molecule has 1 aromatic rings. The lowest BCUT2D eigenvalue weighted by Gasteiger charge is -2.07. The maximum Gasteiger partial charge on any atom is 0.224 e. The van der Waals surface area contributed by atoms with Crippen molar-refractivity contribution in [2.75, 3.05) is 11.9 Å². The normalized spacial score (nSPS) is 9.63. The van der Waals surface area contributed by atoms with Gasteiger partial charge in [-0.15, -0.1) is 0 Å². The van der Waals surface area contributed by atoms with Crippen LogP contribution in [-0.4, -0.2) is 17.6 Å². The monoisotopic (exact) mass is 259 g/mol. The number of aliphatic hydroxyl groups excluding tert-OH is 1. The number of anilines is 1. The first-order valence-corrected chi connectivity index (χ1v) is 6.67. The van der Waals surface area contributed by atoms with E-state index in [2.05, 4.69) is 24.1 Å². The lowest BCUT2D eigenvalue weighted by atomic mass is 10.1. The Morgan fingerprint density at radius 2 is 2.11 bits per heavy atom. The number of hydrogen-bond donors (Lipinski definition) is 2. The van der Waals surface area contributed by atoms with Crippen molar-refractivity contribution in [1.29, 1.82) is 0 Å². The van der Waals surface area contributed by atoms with Crippen molar-refractivity contribution in [2.45, 2.75) is 39.5 Å². The average molecular weight is 259 g/mol. The molecule has 0 aliphatic carbocycles. The lowest BCUT2D eigenvalue weighted by Crippen LogP contribution is -2.11. The van der Waals surface area contributed by atoms with Gasteiger partial charge in [-0.1, -0.05) is 31.6 Å². The van der Waals surface area contributed by atoms with Gasteiger partial charge in [0.25, 0.3) is 0 Å². The van der Waals surface area contributed by atoms with Crippen LogP contribution in [0.25, 0.3) is 0 Å². The maximum atomic E-state index is 11.7. The number of carbonyl (C=O) groups excluding carboxylic acids is 1. The summed E-state index contributed by atoms with van der Waals surface area (Å²) in [5.41, 5.74) is 2.61. The highest BCUT2D eigenvalue weighted by molar-refractivity contribution is 5.90. The van der Waals surface area contributed by atoms with Gasteiger partial charge in [-0.25, -0.2) is 0 Å². The van der Waals surface area contributed by atoms with Crippen LogP contribution in [0.1, 0.15) is 43.7 Å². The maximum absolute atomic E-state index is 11.7. The van der Waals surface area contributed by atoms with Gasteiger partial charge in [-0.2, -0.15) is 0 Å². The van der Waals surface area contributed by atoms with Crippen LogP contribution in [0.4, 0.5) is 5.69 Å². The summed E-state index contributed by atoms with van der Waals surface area (Å²) in [7, 11) is 0. The first-order chi connectivity index (χ1) is 9.15. The minimum absolute atomic E-state index is 0.0418. The SMILES string of the molecule is CCCCCC(=O)Nc1cc(C)cc(C#CCO)c1. The number of hydrogen-bond acceptors (Lipinski definition) is 2. The number of aliphatic hydroxyl groups is 1. The van der Waals surface area contributed by atoms with Crippen LogP contribution in [-0.2, 0) is 4.79 Å². The fraction of sp³-hybridized carbons (Fsp3) is 0.438. The zero-order valence-electron chi connectivity index (χ0n) is 11.6. The van der Waals surface area contributed by atoms with Gasteiger partial charge in [0.05, 0.1) is 0 Å². The molecule has 2 N–H and O–H groups in total. The number of rotatable bonds is 5. The first-order valence-electron chi connectivity index (χ1n) is 6.67. The van der Waals surface area contributed by atoms with E-state index in [4.69, 9.17) is 5.11 Å². The smallest absolute Gasteiger partial charge is 0.224 e. The Balaban J connectivity index is 2.67.